The first-order valence-electron chi connectivity index (χ1n) is 7.40. The van der Waals surface area contributed by atoms with Gasteiger partial charge in [-0.3, -0.25) is 9.69 Å². The molecule has 1 atom stereocenters. The van der Waals surface area contributed by atoms with E-state index < -0.39 is 17.3 Å². The number of Topliss-reactive ketones (excluding diaryl/α,β-unsaturated/α-hetero) is 1. The zero-order valence-corrected chi connectivity index (χ0v) is 12.1. The summed E-state index contributed by atoms with van der Waals surface area (Å²) < 4.78 is 18.1. The lowest BCUT2D eigenvalue weighted by Gasteiger charge is -2.51. The van der Waals surface area contributed by atoms with E-state index in [2.05, 4.69) is 0 Å². The van der Waals surface area contributed by atoms with Crippen LogP contribution in [0.3, 0.4) is 0 Å². The van der Waals surface area contributed by atoms with Gasteiger partial charge >= 0.3 is 5.97 Å². The molecule has 6 heteroatoms. The number of ketones is 1. The predicted octanol–water partition coefficient (Wildman–Crippen LogP) is 1.01. The minimum atomic E-state index is -1.11. The molecule has 1 N–H and O–H groups in total. The van der Waals surface area contributed by atoms with Crippen LogP contribution in [-0.4, -0.2) is 53.6 Å². The Hall–Kier alpha value is -1.79. The normalized spacial score (nSPS) is 30.4. The molecular weight excluding hydrogens is 289 g/mol. The fourth-order valence-corrected chi connectivity index (χ4v) is 3.35. The van der Waals surface area contributed by atoms with Crippen LogP contribution in [0.25, 0.3) is 0 Å². The van der Waals surface area contributed by atoms with E-state index in [4.69, 9.17) is 4.74 Å². The average molecular weight is 307 g/mol. The smallest absolute Gasteiger partial charge is 0.338 e. The van der Waals surface area contributed by atoms with E-state index in [0.29, 0.717) is 0 Å². The van der Waals surface area contributed by atoms with Crippen LogP contribution in [0.4, 0.5) is 4.39 Å². The molecule has 0 radical (unpaired) electrons. The van der Waals surface area contributed by atoms with Crippen molar-refractivity contribution in [3.8, 4) is 0 Å². The van der Waals surface area contributed by atoms with Crippen LogP contribution in [0.1, 0.15) is 23.2 Å². The van der Waals surface area contributed by atoms with E-state index >= 15 is 0 Å². The highest BCUT2D eigenvalue weighted by molar-refractivity contribution is 5.93. The third kappa shape index (κ3) is 2.42. The van der Waals surface area contributed by atoms with Gasteiger partial charge in [0.1, 0.15) is 18.0 Å². The van der Waals surface area contributed by atoms with Gasteiger partial charge in [0.05, 0.1) is 12.2 Å². The summed E-state index contributed by atoms with van der Waals surface area (Å²) in [5.74, 6) is -1.15. The van der Waals surface area contributed by atoms with Crippen molar-refractivity contribution in [1.29, 1.82) is 0 Å². The highest BCUT2D eigenvalue weighted by Crippen LogP contribution is 2.36. The number of carbonyl (C=O) groups is 2. The second-order valence-electron chi connectivity index (χ2n) is 5.90. The second kappa shape index (κ2) is 5.78. The number of rotatable bonds is 4. The number of aliphatic hydroxyl groups excluding tert-OH is 1. The summed E-state index contributed by atoms with van der Waals surface area (Å²) in [6.45, 7) is 0.921. The van der Waals surface area contributed by atoms with E-state index in [1.165, 1.54) is 24.3 Å². The Morgan fingerprint density at radius 2 is 1.95 bits per heavy atom. The third-order valence-electron chi connectivity index (χ3n) is 4.71. The Labute approximate surface area is 127 Å². The van der Waals surface area contributed by atoms with Gasteiger partial charge in [-0.2, -0.15) is 0 Å². The van der Waals surface area contributed by atoms with Crippen molar-refractivity contribution in [1.82, 2.24) is 4.90 Å². The van der Waals surface area contributed by atoms with Crippen LogP contribution in [0.15, 0.2) is 24.3 Å². The summed E-state index contributed by atoms with van der Waals surface area (Å²) in [5.41, 5.74) is -0.894. The summed E-state index contributed by atoms with van der Waals surface area (Å²) in [6, 6.07) is 5.02. The Morgan fingerprint density at radius 1 is 1.32 bits per heavy atom. The lowest BCUT2D eigenvalue weighted by Crippen LogP contribution is -2.69. The van der Waals surface area contributed by atoms with Gasteiger partial charge in [-0.1, -0.05) is 0 Å². The van der Waals surface area contributed by atoms with Crippen LogP contribution in [-0.2, 0) is 9.53 Å². The van der Waals surface area contributed by atoms with E-state index in [1.54, 1.807) is 0 Å². The van der Waals surface area contributed by atoms with Crippen molar-refractivity contribution in [2.24, 2.45) is 5.92 Å². The quantitative estimate of drug-likeness (QED) is 0.841. The Bertz CT molecular complexity index is 580. The number of carbonyl (C=O) groups excluding carboxylic acids is 2. The Balaban J connectivity index is 1.72. The molecule has 118 valence electrons. The number of esters is 1. The predicted molar refractivity (Wildman–Crippen MR) is 75.8 cm³/mol. The van der Waals surface area contributed by atoms with Crippen molar-refractivity contribution in [2.75, 3.05) is 26.3 Å². The van der Waals surface area contributed by atoms with Gasteiger partial charge in [0.2, 0.25) is 0 Å². The number of nitrogens with zero attached hydrogens (tertiary/aromatic N) is 1. The molecule has 3 heterocycles. The van der Waals surface area contributed by atoms with E-state index in [0.717, 1.165) is 25.9 Å². The fourth-order valence-electron chi connectivity index (χ4n) is 3.35. The summed E-state index contributed by atoms with van der Waals surface area (Å²) in [4.78, 5) is 26.4. The molecule has 3 saturated heterocycles. The minimum Gasteiger partial charge on any atom is -0.460 e. The Morgan fingerprint density at radius 3 is 2.50 bits per heavy atom. The number of piperidine rings is 3. The molecule has 0 aromatic heterocycles. The van der Waals surface area contributed by atoms with Gasteiger partial charge in [-0.05, 0) is 37.1 Å². The molecule has 2 bridgehead atoms. The number of hydrogen-bond donors (Lipinski definition) is 1. The molecule has 3 aliphatic heterocycles. The maximum atomic E-state index is 12.9. The highest BCUT2D eigenvalue weighted by Gasteiger charge is 2.53. The molecule has 22 heavy (non-hydrogen) atoms. The van der Waals surface area contributed by atoms with Crippen molar-refractivity contribution >= 4 is 11.8 Å². The number of hydrogen-bond acceptors (Lipinski definition) is 5. The molecule has 0 amide bonds. The first-order valence-corrected chi connectivity index (χ1v) is 7.40. The molecule has 3 aliphatic rings. The van der Waals surface area contributed by atoms with E-state index in [9.17, 15) is 19.1 Å². The van der Waals surface area contributed by atoms with Gasteiger partial charge in [-0.25, -0.2) is 9.18 Å². The molecule has 3 fully saturated rings. The molecule has 0 spiro atoms. The van der Waals surface area contributed by atoms with Gasteiger partial charge in [0.25, 0.3) is 0 Å². The van der Waals surface area contributed by atoms with Crippen LogP contribution >= 0.6 is 0 Å². The van der Waals surface area contributed by atoms with Crippen molar-refractivity contribution < 1.29 is 23.8 Å². The number of benzene rings is 1. The lowest BCUT2D eigenvalue weighted by molar-refractivity contribution is -0.156. The molecule has 0 aliphatic carbocycles. The highest BCUT2D eigenvalue weighted by atomic mass is 19.1. The molecule has 5 nitrogen and oxygen atoms in total. The fraction of sp³-hybridized carbons (Fsp3) is 0.500. The summed E-state index contributed by atoms with van der Waals surface area (Å²) >= 11 is 0. The van der Waals surface area contributed by atoms with E-state index in [1.807, 2.05) is 4.90 Å². The second-order valence-corrected chi connectivity index (χ2v) is 5.90. The van der Waals surface area contributed by atoms with Crippen molar-refractivity contribution in [3.63, 3.8) is 0 Å². The molecule has 4 rings (SSSR count). The molecule has 1 aromatic rings. The first-order chi connectivity index (χ1) is 10.6. The number of aliphatic hydroxyl groups is 1. The van der Waals surface area contributed by atoms with Gasteiger partial charge < -0.3 is 9.84 Å². The number of fused-ring (bicyclic) bond motifs is 3. The minimum absolute atomic E-state index is 0.0422. The zero-order valence-electron chi connectivity index (χ0n) is 12.1. The summed E-state index contributed by atoms with van der Waals surface area (Å²) in [5, 5.41) is 9.75. The van der Waals surface area contributed by atoms with Gasteiger partial charge in [-0.15, -0.1) is 0 Å². The Kier molecular flexibility index (Phi) is 3.97. The zero-order chi connectivity index (χ0) is 15.7. The topological polar surface area (TPSA) is 66.8 Å². The maximum Gasteiger partial charge on any atom is 0.338 e. The average Bonchev–Trinajstić information content (AvgIpc) is 2.56. The first kappa shape index (κ1) is 15.1. The molecular formula is C16H18FNO4. The van der Waals surface area contributed by atoms with Gasteiger partial charge in [0.15, 0.2) is 5.78 Å². The molecule has 1 unspecified atom stereocenters. The third-order valence-corrected chi connectivity index (χ3v) is 4.71. The van der Waals surface area contributed by atoms with Crippen molar-refractivity contribution in [3.05, 3.63) is 35.6 Å². The summed E-state index contributed by atoms with van der Waals surface area (Å²) in [7, 11) is 0. The van der Waals surface area contributed by atoms with E-state index in [-0.39, 0.29) is 30.5 Å². The summed E-state index contributed by atoms with van der Waals surface area (Å²) in [6.07, 6.45) is 1.60. The van der Waals surface area contributed by atoms with Gasteiger partial charge in [0, 0.05) is 19.0 Å². The van der Waals surface area contributed by atoms with Crippen LogP contribution in [0.5, 0.6) is 0 Å². The molecule has 1 aromatic carbocycles. The number of halogens is 1. The standard InChI is InChI=1S/C16H18FNO4/c17-13-3-1-12(2-4-13)15(21)22-10-16(9-19)14(20)11-5-7-18(16)8-6-11/h1-4,11,19H,5-10H2. The van der Waals surface area contributed by atoms with Crippen LogP contribution in [0.2, 0.25) is 0 Å². The largest absolute Gasteiger partial charge is 0.460 e. The SMILES string of the molecule is O=C(OCC1(CO)C(=O)C2CCN1CC2)c1ccc(F)cc1. The molecule has 0 saturated carbocycles. The maximum absolute atomic E-state index is 12.9. The van der Waals surface area contributed by atoms with Crippen LogP contribution < -0.4 is 0 Å². The van der Waals surface area contributed by atoms with Crippen LogP contribution in [0, 0.1) is 11.7 Å². The monoisotopic (exact) mass is 307 g/mol. The van der Waals surface area contributed by atoms with Crippen molar-refractivity contribution in [2.45, 2.75) is 18.4 Å². The number of ether oxygens (including phenoxy) is 1. The lowest BCUT2D eigenvalue weighted by atomic mass is 9.74.